The van der Waals surface area contributed by atoms with Gasteiger partial charge >= 0.3 is 5.97 Å². The van der Waals surface area contributed by atoms with Crippen LogP contribution in [0.2, 0.25) is 0 Å². The highest BCUT2D eigenvalue weighted by molar-refractivity contribution is 5.92. The van der Waals surface area contributed by atoms with E-state index in [0.29, 0.717) is 5.75 Å². The first-order valence-corrected chi connectivity index (χ1v) is 6.71. The van der Waals surface area contributed by atoms with Crippen LogP contribution in [0.15, 0.2) is 60.7 Å². The van der Waals surface area contributed by atoms with Gasteiger partial charge in [-0.2, -0.15) is 0 Å². The number of hydrogen-bond donors (Lipinski definition) is 0. The van der Waals surface area contributed by atoms with Crippen LogP contribution in [-0.4, -0.2) is 13.1 Å². The Hall–Kier alpha value is -2.88. The number of halogens is 1. The highest BCUT2D eigenvalue weighted by Gasteiger charge is 2.10. The van der Waals surface area contributed by atoms with Crippen LogP contribution in [0.3, 0.4) is 0 Å². The lowest BCUT2D eigenvalue weighted by molar-refractivity contribution is 0.0734. The molecule has 3 rings (SSSR count). The topological polar surface area (TPSA) is 35.5 Å². The van der Waals surface area contributed by atoms with Crippen molar-refractivity contribution in [1.82, 2.24) is 0 Å². The summed E-state index contributed by atoms with van der Waals surface area (Å²) >= 11 is 0. The van der Waals surface area contributed by atoms with E-state index in [1.54, 1.807) is 19.2 Å². The summed E-state index contributed by atoms with van der Waals surface area (Å²) in [6.45, 7) is 0. The van der Waals surface area contributed by atoms with Gasteiger partial charge in [0.1, 0.15) is 17.3 Å². The molecule has 3 aromatic carbocycles. The Balaban J connectivity index is 1.88. The van der Waals surface area contributed by atoms with Gasteiger partial charge in [-0.3, -0.25) is 0 Å². The van der Waals surface area contributed by atoms with E-state index < -0.39 is 11.8 Å². The third kappa shape index (κ3) is 2.91. The number of carbonyl (C=O) groups excluding carboxylic acids is 1. The molecule has 0 aliphatic carbocycles. The SMILES string of the molecule is COc1ccc2ccc(OC(=O)c3cccc(F)c3)cc2c1. The lowest BCUT2D eigenvalue weighted by atomic mass is 10.1. The third-order valence-electron chi connectivity index (χ3n) is 3.29. The molecule has 110 valence electrons. The number of rotatable bonds is 3. The molecule has 0 atom stereocenters. The molecule has 22 heavy (non-hydrogen) atoms. The van der Waals surface area contributed by atoms with Crippen molar-refractivity contribution in [3.8, 4) is 11.5 Å². The zero-order valence-corrected chi connectivity index (χ0v) is 11.9. The molecule has 0 aliphatic heterocycles. The van der Waals surface area contributed by atoms with Gasteiger partial charge in [-0.25, -0.2) is 9.18 Å². The monoisotopic (exact) mass is 296 g/mol. The molecule has 0 radical (unpaired) electrons. The van der Waals surface area contributed by atoms with Crippen molar-refractivity contribution in [2.24, 2.45) is 0 Å². The highest BCUT2D eigenvalue weighted by atomic mass is 19.1. The molecule has 3 nitrogen and oxygen atoms in total. The molecule has 0 aromatic heterocycles. The molecule has 0 aliphatic rings. The summed E-state index contributed by atoms with van der Waals surface area (Å²) in [5, 5.41) is 1.90. The number of methoxy groups -OCH3 is 1. The van der Waals surface area contributed by atoms with Crippen molar-refractivity contribution < 1.29 is 18.7 Å². The maximum atomic E-state index is 13.1. The van der Waals surface area contributed by atoms with Gasteiger partial charge in [-0.15, -0.1) is 0 Å². The summed E-state index contributed by atoms with van der Waals surface area (Å²) in [5.74, 6) is 0.0514. The predicted molar refractivity (Wildman–Crippen MR) is 81.9 cm³/mol. The van der Waals surface area contributed by atoms with Crippen LogP contribution in [0.4, 0.5) is 4.39 Å². The van der Waals surface area contributed by atoms with Gasteiger partial charge in [0, 0.05) is 0 Å². The molecule has 0 saturated carbocycles. The molecule has 0 saturated heterocycles. The van der Waals surface area contributed by atoms with Gasteiger partial charge in [0.05, 0.1) is 12.7 Å². The van der Waals surface area contributed by atoms with E-state index in [2.05, 4.69) is 0 Å². The quantitative estimate of drug-likeness (QED) is 0.536. The van der Waals surface area contributed by atoms with Crippen LogP contribution in [-0.2, 0) is 0 Å². The summed E-state index contributed by atoms with van der Waals surface area (Å²) in [4.78, 5) is 12.0. The van der Waals surface area contributed by atoms with E-state index in [0.717, 1.165) is 22.6 Å². The molecular formula is C18H13FO3. The highest BCUT2D eigenvalue weighted by Crippen LogP contribution is 2.25. The Labute approximate surface area is 126 Å². The Kier molecular flexibility index (Phi) is 3.74. The zero-order valence-electron chi connectivity index (χ0n) is 11.9. The van der Waals surface area contributed by atoms with Crippen LogP contribution in [0.1, 0.15) is 10.4 Å². The van der Waals surface area contributed by atoms with Crippen molar-refractivity contribution >= 4 is 16.7 Å². The maximum Gasteiger partial charge on any atom is 0.343 e. The van der Waals surface area contributed by atoms with Gasteiger partial charge in [0.2, 0.25) is 0 Å². The van der Waals surface area contributed by atoms with E-state index in [4.69, 9.17) is 9.47 Å². The Morgan fingerprint density at radius 3 is 2.36 bits per heavy atom. The van der Waals surface area contributed by atoms with Gasteiger partial charge in [-0.05, 0) is 53.2 Å². The zero-order chi connectivity index (χ0) is 15.5. The van der Waals surface area contributed by atoms with Crippen LogP contribution < -0.4 is 9.47 Å². The second-order valence-corrected chi connectivity index (χ2v) is 4.77. The first-order valence-electron chi connectivity index (χ1n) is 6.71. The van der Waals surface area contributed by atoms with Crippen LogP contribution >= 0.6 is 0 Å². The first-order chi connectivity index (χ1) is 10.7. The van der Waals surface area contributed by atoms with Crippen LogP contribution in [0.5, 0.6) is 11.5 Å². The molecule has 4 heteroatoms. The number of fused-ring (bicyclic) bond motifs is 1. The lowest BCUT2D eigenvalue weighted by Crippen LogP contribution is -2.08. The van der Waals surface area contributed by atoms with Crippen molar-refractivity contribution in [3.05, 3.63) is 72.0 Å². The van der Waals surface area contributed by atoms with E-state index in [-0.39, 0.29) is 5.56 Å². The number of ether oxygens (including phenoxy) is 2. The second-order valence-electron chi connectivity index (χ2n) is 4.77. The van der Waals surface area contributed by atoms with E-state index in [1.807, 2.05) is 24.3 Å². The van der Waals surface area contributed by atoms with Gasteiger partial charge in [0.25, 0.3) is 0 Å². The largest absolute Gasteiger partial charge is 0.497 e. The fourth-order valence-corrected chi connectivity index (χ4v) is 2.17. The van der Waals surface area contributed by atoms with Gasteiger partial charge in [0.15, 0.2) is 0 Å². The van der Waals surface area contributed by atoms with Crippen molar-refractivity contribution in [2.75, 3.05) is 7.11 Å². The standard InChI is InChI=1S/C18H13FO3/c1-21-16-7-5-12-6-8-17(11-14(12)10-16)22-18(20)13-3-2-4-15(19)9-13/h2-11H,1H3. The molecule has 0 bridgehead atoms. The van der Waals surface area contributed by atoms with E-state index in [9.17, 15) is 9.18 Å². The number of benzene rings is 3. The fraction of sp³-hybridized carbons (Fsp3) is 0.0556. The van der Waals surface area contributed by atoms with Crippen molar-refractivity contribution in [1.29, 1.82) is 0 Å². The second kappa shape index (κ2) is 5.85. The molecule has 0 unspecified atom stereocenters. The van der Waals surface area contributed by atoms with Gasteiger partial charge in [-0.1, -0.05) is 18.2 Å². The average molecular weight is 296 g/mol. The minimum Gasteiger partial charge on any atom is -0.497 e. The smallest absolute Gasteiger partial charge is 0.343 e. The Bertz CT molecular complexity index is 843. The van der Waals surface area contributed by atoms with E-state index in [1.165, 1.54) is 18.2 Å². The summed E-state index contributed by atoms with van der Waals surface area (Å²) < 4.78 is 23.6. The van der Waals surface area contributed by atoms with Crippen molar-refractivity contribution in [2.45, 2.75) is 0 Å². The van der Waals surface area contributed by atoms with Gasteiger partial charge < -0.3 is 9.47 Å². The Morgan fingerprint density at radius 1 is 0.909 bits per heavy atom. The molecule has 0 heterocycles. The fourth-order valence-electron chi connectivity index (χ4n) is 2.17. The summed E-state index contributed by atoms with van der Waals surface area (Å²) in [7, 11) is 1.59. The Morgan fingerprint density at radius 2 is 1.64 bits per heavy atom. The first kappa shape index (κ1) is 14.1. The summed E-state index contributed by atoms with van der Waals surface area (Å²) in [5.41, 5.74) is 0.172. The summed E-state index contributed by atoms with van der Waals surface area (Å²) in [6.07, 6.45) is 0. The molecule has 3 aromatic rings. The lowest BCUT2D eigenvalue weighted by Gasteiger charge is -2.07. The minimum atomic E-state index is -0.596. The summed E-state index contributed by atoms with van der Waals surface area (Å²) in [6, 6.07) is 16.3. The third-order valence-corrected chi connectivity index (χ3v) is 3.29. The molecular weight excluding hydrogens is 283 g/mol. The molecule has 0 N–H and O–H groups in total. The number of hydrogen-bond acceptors (Lipinski definition) is 3. The molecule has 0 spiro atoms. The predicted octanol–water partition coefficient (Wildman–Crippen LogP) is 4.21. The number of carbonyl (C=O) groups is 1. The minimum absolute atomic E-state index is 0.172. The van der Waals surface area contributed by atoms with Crippen LogP contribution in [0, 0.1) is 5.82 Å². The maximum absolute atomic E-state index is 13.1. The molecule has 0 amide bonds. The normalized spacial score (nSPS) is 10.5. The number of esters is 1. The molecule has 0 fully saturated rings. The van der Waals surface area contributed by atoms with Crippen molar-refractivity contribution in [3.63, 3.8) is 0 Å². The van der Waals surface area contributed by atoms with E-state index >= 15 is 0 Å². The average Bonchev–Trinajstić information content (AvgIpc) is 2.54. The van der Waals surface area contributed by atoms with Crippen LogP contribution in [0.25, 0.3) is 10.8 Å².